The lowest BCUT2D eigenvalue weighted by molar-refractivity contribution is -0.201. The van der Waals surface area contributed by atoms with Crippen LogP contribution in [0.4, 0.5) is 0 Å². The van der Waals surface area contributed by atoms with Crippen molar-refractivity contribution in [1.82, 2.24) is 0 Å². The van der Waals surface area contributed by atoms with Crippen LogP contribution in [0.1, 0.15) is 18.4 Å². The van der Waals surface area contributed by atoms with Crippen molar-refractivity contribution in [1.29, 1.82) is 0 Å². The lowest BCUT2D eigenvalue weighted by Gasteiger charge is -2.39. The van der Waals surface area contributed by atoms with Gasteiger partial charge in [0.1, 0.15) is 6.10 Å². The fourth-order valence-corrected chi connectivity index (χ4v) is 2.59. The van der Waals surface area contributed by atoms with Gasteiger partial charge in [-0.3, -0.25) is 0 Å². The zero-order valence-electron chi connectivity index (χ0n) is 12.9. The molecule has 1 fully saturated rings. The van der Waals surface area contributed by atoms with Crippen LogP contribution >= 0.6 is 0 Å². The standard InChI is InChI=1S/C16H18O9/c17-9-3-1-8(5-10(9)18)2-4-13(21)25-16(15(23)24)6-11(19)14(22)12(20)7-16/h1-5,11-12,14,17-20,22H,6-7H2,(H,23,24)/b4-2+/t11-,12-,14?,16?/m1/s1. The number of aliphatic carboxylic acids is 1. The number of carbonyl (C=O) groups is 2. The summed E-state index contributed by atoms with van der Waals surface area (Å²) in [6.07, 6.45) is -3.67. The maximum Gasteiger partial charge on any atom is 0.348 e. The molecule has 0 radical (unpaired) electrons. The summed E-state index contributed by atoms with van der Waals surface area (Å²) in [6.45, 7) is 0. The Balaban J connectivity index is 2.14. The molecule has 0 unspecified atom stereocenters. The predicted octanol–water partition coefficient (Wildman–Crippen LogP) is -0.646. The fourth-order valence-electron chi connectivity index (χ4n) is 2.59. The highest BCUT2D eigenvalue weighted by Gasteiger charge is 2.52. The van der Waals surface area contributed by atoms with Gasteiger partial charge in [0.15, 0.2) is 11.5 Å². The first-order chi connectivity index (χ1) is 11.6. The van der Waals surface area contributed by atoms with E-state index in [1.165, 1.54) is 24.3 Å². The first-order valence-electron chi connectivity index (χ1n) is 7.35. The van der Waals surface area contributed by atoms with Gasteiger partial charge >= 0.3 is 11.9 Å². The summed E-state index contributed by atoms with van der Waals surface area (Å²) in [6, 6.07) is 3.78. The highest BCUT2D eigenvalue weighted by Crippen LogP contribution is 2.33. The van der Waals surface area contributed by atoms with Gasteiger partial charge in [0, 0.05) is 18.9 Å². The number of benzene rings is 1. The van der Waals surface area contributed by atoms with E-state index in [0.29, 0.717) is 5.56 Å². The van der Waals surface area contributed by atoms with Crippen LogP contribution in [0.5, 0.6) is 11.5 Å². The SMILES string of the molecule is O=C(/C=C/c1ccc(O)c(O)c1)OC1(C(=O)O)C[C@@H](O)C(O)[C@H](O)C1. The van der Waals surface area contributed by atoms with Crippen molar-refractivity contribution in [3.8, 4) is 11.5 Å². The number of aromatic hydroxyl groups is 2. The highest BCUT2D eigenvalue weighted by molar-refractivity contribution is 5.90. The van der Waals surface area contributed by atoms with Crippen LogP contribution in [0.25, 0.3) is 6.08 Å². The molecule has 1 aromatic rings. The molecule has 1 aliphatic rings. The molecule has 2 atom stereocenters. The van der Waals surface area contributed by atoms with Crippen molar-refractivity contribution in [2.75, 3.05) is 0 Å². The molecule has 0 saturated heterocycles. The summed E-state index contributed by atoms with van der Waals surface area (Å²) in [5.74, 6) is -3.34. The maximum absolute atomic E-state index is 11.9. The van der Waals surface area contributed by atoms with Gasteiger partial charge in [-0.05, 0) is 23.8 Å². The van der Waals surface area contributed by atoms with E-state index in [4.69, 9.17) is 4.74 Å². The van der Waals surface area contributed by atoms with Crippen molar-refractivity contribution in [2.45, 2.75) is 36.8 Å². The second kappa shape index (κ2) is 7.09. The Bertz CT molecular complexity index is 685. The third kappa shape index (κ3) is 4.08. The largest absolute Gasteiger partial charge is 0.504 e. The van der Waals surface area contributed by atoms with Crippen molar-refractivity contribution in [3.63, 3.8) is 0 Å². The van der Waals surface area contributed by atoms with E-state index in [2.05, 4.69) is 0 Å². The molecular weight excluding hydrogens is 336 g/mol. The lowest BCUT2D eigenvalue weighted by Crippen LogP contribution is -2.57. The van der Waals surface area contributed by atoms with Crippen molar-refractivity contribution in [2.24, 2.45) is 0 Å². The van der Waals surface area contributed by atoms with Gasteiger partial charge in [-0.15, -0.1) is 0 Å². The number of carboxylic acids is 1. The van der Waals surface area contributed by atoms with Crippen LogP contribution in [-0.4, -0.2) is 66.5 Å². The van der Waals surface area contributed by atoms with Crippen LogP contribution in [0, 0.1) is 0 Å². The van der Waals surface area contributed by atoms with Crippen molar-refractivity contribution < 1.29 is 45.0 Å². The summed E-state index contributed by atoms with van der Waals surface area (Å²) in [5, 5.41) is 56.8. The van der Waals surface area contributed by atoms with Crippen LogP contribution < -0.4 is 0 Å². The Kier molecular flexibility index (Phi) is 5.31. The number of phenolic OH excluding ortho intramolecular Hbond substituents is 2. The number of rotatable bonds is 4. The smallest absolute Gasteiger partial charge is 0.348 e. The van der Waals surface area contributed by atoms with Gasteiger partial charge < -0.3 is 35.4 Å². The van der Waals surface area contributed by atoms with Gasteiger partial charge in [0.05, 0.1) is 12.2 Å². The van der Waals surface area contributed by atoms with Crippen molar-refractivity contribution >= 4 is 18.0 Å². The van der Waals surface area contributed by atoms with E-state index in [1.807, 2.05) is 0 Å². The molecule has 9 heteroatoms. The van der Waals surface area contributed by atoms with Gasteiger partial charge in [-0.1, -0.05) is 6.07 Å². The number of aliphatic hydroxyl groups excluding tert-OH is 3. The van der Waals surface area contributed by atoms with Crippen molar-refractivity contribution in [3.05, 3.63) is 29.8 Å². The minimum atomic E-state index is -2.17. The average molecular weight is 354 g/mol. The number of carbonyl (C=O) groups excluding carboxylic acids is 1. The molecule has 25 heavy (non-hydrogen) atoms. The monoisotopic (exact) mass is 354 g/mol. The molecule has 0 aromatic heterocycles. The molecular formula is C16H18O9. The molecule has 0 amide bonds. The van der Waals surface area contributed by atoms with Crippen LogP contribution in [0.2, 0.25) is 0 Å². The van der Waals surface area contributed by atoms with Crippen LogP contribution in [0.3, 0.4) is 0 Å². The fraction of sp³-hybridized carbons (Fsp3) is 0.375. The Hall–Kier alpha value is -2.62. The van der Waals surface area contributed by atoms with Gasteiger partial charge in [0.25, 0.3) is 0 Å². The van der Waals surface area contributed by atoms with Crippen LogP contribution in [0.15, 0.2) is 24.3 Å². The number of ether oxygens (including phenoxy) is 1. The van der Waals surface area contributed by atoms with E-state index >= 15 is 0 Å². The number of aliphatic hydroxyl groups is 3. The summed E-state index contributed by atoms with van der Waals surface area (Å²) in [5.41, 5.74) is -1.83. The molecule has 1 aliphatic carbocycles. The summed E-state index contributed by atoms with van der Waals surface area (Å²) in [4.78, 5) is 23.4. The second-order valence-electron chi connectivity index (χ2n) is 5.84. The van der Waals surface area contributed by atoms with Gasteiger partial charge in [-0.25, -0.2) is 9.59 Å². The maximum atomic E-state index is 11.9. The number of hydrogen-bond acceptors (Lipinski definition) is 8. The van der Waals surface area contributed by atoms with E-state index in [1.54, 1.807) is 0 Å². The third-order valence-corrected chi connectivity index (χ3v) is 3.96. The Morgan fingerprint density at radius 3 is 2.20 bits per heavy atom. The molecule has 6 N–H and O–H groups in total. The predicted molar refractivity (Wildman–Crippen MR) is 82.5 cm³/mol. The Labute approximate surface area is 142 Å². The molecule has 0 spiro atoms. The quantitative estimate of drug-likeness (QED) is 0.234. The average Bonchev–Trinajstić information content (AvgIpc) is 2.53. The Morgan fingerprint density at radius 1 is 1.08 bits per heavy atom. The van der Waals surface area contributed by atoms with E-state index in [9.17, 15) is 40.2 Å². The van der Waals surface area contributed by atoms with E-state index < -0.39 is 54.4 Å². The highest BCUT2D eigenvalue weighted by atomic mass is 16.6. The third-order valence-electron chi connectivity index (χ3n) is 3.96. The molecule has 1 aromatic carbocycles. The molecule has 0 bridgehead atoms. The number of esters is 1. The molecule has 0 heterocycles. The van der Waals surface area contributed by atoms with E-state index in [0.717, 1.165) is 6.08 Å². The number of phenols is 2. The topological polar surface area (TPSA) is 165 Å². The van der Waals surface area contributed by atoms with Gasteiger partial charge in [0.2, 0.25) is 5.60 Å². The zero-order chi connectivity index (χ0) is 18.8. The zero-order valence-corrected chi connectivity index (χ0v) is 12.9. The minimum absolute atomic E-state index is 0.340. The summed E-state index contributed by atoms with van der Waals surface area (Å²) in [7, 11) is 0. The first kappa shape index (κ1) is 18.7. The second-order valence-corrected chi connectivity index (χ2v) is 5.84. The van der Waals surface area contributed by atoms with Gasteiger partial charge in [-0.2, -0.15) is 0 Å². The molecule has 0 aliphatic heterocycles. The molecule has 9 nitrogen and oxygen atoms in total. The molecule has 136 valence electrons. The first-order valence-corrected chi connectivity index (χ1v) is 7.35. The Morgan fingerprint density at radius 2 is 1.68 bits per heavy atom. The minimum Gasteiger partial charge on any atom is -0.504 e. The van der Waals surface area contributed by atoms with Crippen LogP contribution in [-0.2, 0) is 14.3 Å². The molecule has 1 saturated carbocycles. The number of carboxylic acid groups (broad SMARTS) is 1. The summed E-state index contributed by atoms with van der Waals surface area (Å²) >= 11 is 0. The normalized spacial score (nSPS) is 29.5. The summed E-state index contributed by atoms with van der Waals surface area (Å²) < 4.78 is 4.94. The lowest BCUT2D eigenvalue weighted by atomic mass is 9.79. The number of hydrogen-bond donors (Lipinski definition) is 6. The van der Waals surface area contributed by atoms with E-state index in [-0.39, 0.29) is 5.75 Å². The molecule has 2 rings (SSSR count).